The molecule has 2 aromatic rings. The molecule has 1 atom stereocenters. The minimum absolute atomic E-state index is 0.598. The Balaban J connectivity index is 2.35. The highest BCUT2D eigenvalue weighted by atomic mass is 32.2. The van der Waals surface area contributed by atoms with Crippen LogP contribution in [0.25, 0.3) is 0 Å². The standard InChI is InChI=1S/C18H17F3OS/c1-13-8-10-15(11-9-13)23-17(2,12-16(22)18(19,20)21)14-6-4-3-5-7-14/h3-11H,12H2,1-2H3/t17-/m0/s1. The average molecular weight is 338 g/mol. The van der Waals surface area contributed by atoms with Crippen molar-refractivity contribution in [3.05, 3.63) is 65.7 Å². The summed E-state index contributed by atoms with van der Waals surface area (Å²) in [5.41, 5.74) is 1.77. The Labute approximate surface area is 137 Å². The van der Waals surface area contributed by atoms with Crippen LogP contribution in [0.4, 0.5) is 13.2 Å². The molecular weight excluding hydrogens is 321 g/mol. The van der Waals surface area contributed by atoms with E-state index in [0.29, 0.717) is 5.56 Å². The Morgan fingerprint density at radius 2 is 1.57 bits per heavy atom. The molecule has 0 aliphatic rings. The van der Waals surface area contributed by atoms with Crippen LogP contribution in [-0.4, -0.2) is 12.0 Å². The molecule has 0 amide bonds. The van der Waals surface area contributed by atoms with Crippen LogP contribution >= 0.6 is 11.8 Å². The van der Waals surface area contributed by atoms with E-state index in [4.69, 9.17) is 0 Å². The Kier molecular flexibility index (Phi) is 5.19. The van der Waals surface area contributed by atoms with Crippen molar-refractivity contribution in [3.8, 4) is 0 Å². The molecule has 0 spiro atoms. The predicted molar refractivity (Wildman–Crippen MR) is 86.5 cm³/mol. The summed E-state index contributed by atoms with van der Waals surface area (Å²) in [6.45, 7) is 3.62. The number of Topliss-reactive ketones (excluding diaryl/α,β-unsaturated/α-hetero) is 1. The maximum Gasteiger partial charge on any atom is 0.450 e. The molecule has 0 aromatic heterocycles. The van der Waals surface area contributed by atoms with E-state index in [1.54, 1.807) is 37.3 Å². The molecular formula is C18H17F3OS. The zero-order valence-corrected chi connectivity index (χ0v) is 13.7. The Morgan fingerprint density at radius 3 is 2.09 bits per heavy atom. The second-order valence-corrected chi connectivity index (χ2v) is 7.19. The fraction of sp³-hybridized carbons (Fsp3) is 0.278. The van der Waals surface area contributed by atoms with Gasteiger partial charge in [-0.05, 0) is 31.5 Å². The first kappa shape index (κ1) is 17.6. The van der Waals surface area contributed by atoms with Gasteiger partial charge in [-0.1, -0.05) is 48.0 Å². The van der Waals surface area contributed by atoms with Crippen molar-refractivity contribution in [2.45, 2.75) is 36.1 Å². The van der Waals surface area contributed by atoms with Crippen LogP contribution in [0.1, 0.15) is 24.5 Å². The highest BCUT2D eigenvalue weighted by Crippen LogP contribution is 2.45. The third-order valence-electron chi connectivity index (χ3n) is 3.56. The molecule has 1 nitrogen and oxygen atoms in total. The first-order valence-corrected chi connectivity index (χ1v) is 7.93. The van der Waals surface area contributed by atoms with Crippen LogP contribution in [0.2, 0.25) is 0 Å². The summed E-state index contributed by atoms with van der Waals surface area (Å²) in [4.78, 5) is 12.4. The molecule has 0 aliphatic carbocycles. The number of hydrogen-bond acceptors (Lipinski definition) is 2. The Bertz CT molecular complexity index is 665. The molecule has 2 aromatic carbocycles. The lowest BCUT2D eigenvalue weighted by Crippen LogP contribution is -2.31. The maximum absolute atomic E-state index is 12.7. The summed E-state index contributed by atoms with van der Waals surface area (Å²) in [6.07, 6.45) is -5.41. The van der Waals surface area contributed by atoms with E-state index in [1.807, 2.05) is 31.2 Å². The minimum Gasteiger partial charge on any atom is -0.290 e. The van der Waals surface area contributed by atoms with Crippen molar-refractivity contribution in [1.82, 2.24) is 0 Å². The largest absolute Gasteiger partial charge is 0.450 e. The van der Waals surface area contributed by atoms with Gasteiger partial charge in [0.05, 0.1) is 0 Å². The van der Waals surface area contributed by atoms with Gasteiger partial charge in [-0.25, -0.2) is 0 Å². The smallest absolute Gasteiger partial charge is 0.290 e. The van der Waals surface area contributed by atoms with Crippen LogP contribution in [0.3, 0.4) is 0 Å². The third-order valence-corrected chi connectivity index (χ3v) is 4.90. The number of alkyl halides is 3. The molecule has 5 heteroatoms. The van der Waals surface area contributed by atoms with Crippen molar-refractivity contribution >= 4 is 17.5 Å². The van der Waals surface area contributed by atoms with Gasteiger partial charge in [0.15, 0.2) is 0 Å². The third kappa shape index (κ3) is 4.61. The molecule has 0 heterocycles. The van der Waals surface area contributed by atoms with Gasteiger partial charge in [0.1, 0.15) is 0 Å². The number of carbonyl (C=O) groups is 1. The topological polar surface area (TPSA) is 17.1 Å². The van der Waals surface area contributed by atoms with Gasteiger partial charge >= 0.3 is 6.18 Å². The zero-order chi connectivity index (χ0) is 17.1. The maximum atomic E-state index is 12.7. The molecule has 23 heavy (non-hydrogen) atoms. The van der Waals surface area contributed by atoms with Crippen LogP contribution in [0.15, 0.2) is 59.5 Å². The van der Waals surface area contributed by atoms with Gasteiger partial charge in [0.25, 0.3) is 0 Å². The number of hydrogen-bond donors (Lipinski definition) is 0. The fourth-order valence-electron chi connectivity index (χ4n) is 2.26. The molecule has 0 saturated heterocycles. The molecule has 122 valence electrons. The molecule has 0 unspecified atom stereocenters. The van der Waals surface area contributed by atoms with E-state index in [0.717, 1.165) is 10.5 Å². The SMILES string of the molecule is Cc1ccc(S[C@@](C)(CC(=O)C(F)(F)F)c2ccccc2)cc1. The summed E-state index contributed by atoms with van der Waals surface area (Å²) in [5, 5.41) is 0. The highest BCUT2D eigenvalue weighted by Gasteiger charge is 2.43. The summed E-state index contributed by atoms with van der Waals surface area (Å²) >= 11 is 1.28. The van der Waals surface area contributed by atoms with Gasteiger partial charge in [0, 0.05) is 16.1 Å². The molecule has 0 saturated carbocycles. The van der Waals surface area contributed by atoms with Crippen LogP contribution in [0, 0.1) is 6.92 Å². The van der Waals surface area contributed by atoms with Crippen LogP contribution in [-0.2, 0) is 9.54 Å². The van der Waals surface area contributed by atoms with E-state index < -0.39 is 23.1 Å². The van der Waals surface area contributed by atoms with Crippen molar-refractivity contribution in [2.75, 3.05) is 0 Å². The van der Waals surface area contributed by atoms with Gasteiger partial charge < -0.3 is 0 Å². The molecule has 2 rings (SSSR count). The van der Waals surface area contributed by atoms with Gasteiger partial charge in [-0.2, -0.15) is 13.2 Å². The monoisotopic (exact) mass is 338 g/mol. The number of benzene rings is 2. The van der Waals surface area contributed by atoms with Crippen molar-refractivity contribution < 1.29 is 18.0 Å². The minimum atomic E-state index is -4.82. The van der Waals surface area contributed by atoms with Crippen molar-refractivity contribution in [1.29, 1.82) is 0 Å². The summed E-state index contributed by atoms with van der Waals surface area (Å²) in [5.74, 6) is -1.71. The lowest BCUT2D eigenvalue weighted by Gasteiger charge is -2.29. The van der Waals surface area contributed by atoms with Gasteiger partial charge in [-0.3, -0.25) is 4.79 Å². The van der Waals surface area contributed by atoms with E-state index in [1.165, 1.54) is 11.8 Å². The molecule has 0 bridgehead atoms. The quantitative estimate of drug-likeness (QED) is 0.667. The predicted octanol–water partition coefficient (Wildman–Crippen LogP) is 5.52. The Hall–Kier alpha value is -1.75. The van der Waals surface area contributed by atoms with E-state index in [9.17, 15) is 18.0 Å². The van der Waals surface area contributed by atoms with Crippen molar-refractivity contribution in [2.24, 2.45) is 0 Å². The lowest BCUT2D eigenvalue weighted by atomic mass is 9.94. The van der Waals surface area contributed by atoms with E-state index >= 15 is 0 Å². The van der Waals surface area contributed by atoms with Gasteiger partial charge in [-0.15, -0.1) is 11.8 Å². The van der Waals surface area contributed by atoms with Crippen molar-refractivity contribution in [3.63, 3.8) is 0 Å². The van der Waals surface area contributed by atoms with E-state index in [-0.39, 0.29) is 0 Å². The van der Waals surface area contributed by atoms with Crippen LogP contribution < -0.4 is 0 Å². The summed E-state index contributed by atoms with van der Waals surface area (Å²) in [7, 11) is 0. The molecule has 0 radical (unpaired) electrons. The van der Waals surface area contributed by atoms with Crippen LogP contribution in [0.5, 0.6) is 0 Å². The number of thioether (sulfide) groups is 1. The number of halogens is 3. The number of rotatable bonds is 5. The second kappa shape index (κ2) is 6.79. The zero-order valence-electron chi connectivity index (χ0n) is 12.9. The highest BCUT2D eigenvalue weighted by molar-refractivity contribution is 8.00. The summed E-state index contributed by atoms with van der Waals surface area (Å²) < 4.78 is 37.2. The number of carbonyl (C=O) groups excluding carboxylic acids is 1. The average Bonchev–Trinajstić information content (AvgIpc) is 2.49. The second-order valence-electron chi connectivity index (χ2n) is 5.61. The fourth-order valence-corrected chi connectivity index (χ4v) is 3.51. The summed E-state index contributed by atoms with van der Waals surface area (Å²) in [6, 6.07) is 16.4. The first-order chi connectivity index (χ1) is 10.7. The van der Waals surface area contributed by atoms with Gasteiger partial charge in [0.2, 0.25) is 5.78 Å². The lowest BCUT2D eigenvalue weighted by molar-refractivity contribution is -0.171. The van der Waals surface area contributed by atoms with E-state index in [2.05, 4.69) is 0 Å². The Morgan fingerprint density at radius 1 is 1.00 bits per heavy atom. The number of aryl methyl sites for hydroxylation is 1. The molecule has 0 aliphatic heterocycles. The number of ketones is 1. The normalized spacial score (nSPS) is 14.3. The molecule has 0 N–H and O–H groups in total. The first-order valence-electron chi connectivity index (χ1n) is 7.12. The molecule has 0 fully saturated rings.